The maximum atomic E-state index is 12.1. The molecule has 0 aliphatic heterocycles. The summed E-state index contributed by atoms with van der Waals surface area (Å²) in [5.74, 6) is 0.462. The van der Waals surface area contributed by atoms with Crippen LogP contribution in [-0.4, -0.2) is 21.1 Å². The highest BCUT2D eigenvalue weighted by atomic mass is 32.1. The smallest absolute Gasteiger partial charge is 0.311 e. The Kier molecular flexibility index (Phi) is 4.71. The van der Waals surface area contributed by atoms with Crippen LogP contribution in [0.5, 0.6) is 0 Å². The van der Waals surface area contributed by atoms with E-state index in [0.717, 1.165) is 21.1 Å². The van der Waals surface area contributed by atoms with Gasteiger partial charge in [0, 0.05) is 10.4 Å². The van der Waals surface area contributed by atoms with Crippen molar-refractivity contribution in [2.45, 2.75) is 33.8 Å². The molecule has 3 rings (SSSR count). The van der Waals surface area contributed by atoms with Gasteiger partial charge in [-0.1, -0.05) is 35.0 Å². The standard InChI is InChI=1S/C17H17N3O3S/c1-10-4-6-13(7-5-10)17-14(24-12(3)19-17)8-16(21)22-9-15-18-11(2)20-23-15/h4-7H,8-9H2,1-3H3. The van der Waals surface area contributed by atoms with Gasteiger partial charge in [-0.15, -0.1) is 11.3 Å². The van der Waals surface area contributed by atoms with Crippen LogP contribution < -0.4 is 0 Å². The summed E-state index contributed by atoms with van der Waals surface area (Å²) in [4.78, 5) is 21.6. The minimum Gasteiger partial charge on any atom is -0.455 e. The number of hydrogen-bond acceptors (Lipinski definition) is 7. The van der Waals surface area contributed by atoms with Gasteiger partial charge in [0.15, 0.2) is 12.4 Å². The molecule has 2 aromatic heterocycles. The van der Waals surface area contributed by atoms with Crippen molar-refractivity contribution in [3.8, 4) is 11.3 Å². The zero-order valence-electron chi connectivity index (χ0n) is 13.7. The third-order valence-corrected chi connectivity index (χ3v) is 4.33. The number of thiazole rings is 1. The number of hydrogen-bond donors (Lipinski definition) is 0. The van der Waals surface area contributed by atoms with Crippen molar-refractivity contribution in [1.29, 1.82) is 0 Å². The molecule has 124 valence electrons. The number of ether oxygens (including phenoxy) is 1. The molecule has 0 unspecified atom stereocenters. The summed E-state index contributed by atoms with van der Waals surface area (Å²) in [7, 11) is 0. The average molecular weight is 343 g/mol. The summed E-state index contributed by atoms with van der Waals surface area (Å²) in [6.45, 7) is 5.66. The fourth-order valence-corrected chi connectivity index (χ4v) is 3.19. The molecule has 0 aliphatic carbocycles. The van der Waals surface area contributed by atoms with Crippen molar-refractivity contribution in [2.24, 2.45) is 0 Å². The van der Waals surface area contributed by atoms with E-state index in [-0.39, 0.29) is 19.0 Å². The molecule has 7 heteroatoms. The number of aromatic nitrogens is 3. The first kappa shape index (κ1) is 16.3. The Bertz CT molecular complexity index is 852. The minimum absolute atomic E-state index is 0.0165. The zero-order valence-corrected chi connectivity index (χ0v) is 14.5. The maximum Gasteiger partial charge on any atom is 0.311 e. The highest BCUT2D eigenvalue weighted by Crippen LogP contribution is 2.29. The molecular formula is C17H17N3O3S. The van der Waals surface area contributed by atoms with Crippen LogP contribution >= 0.6 is 11.3 Å². The summed E-state index contributed by atoms with van der Waals surface area (Å²) in [6, 6.07) is 8.09. The summed E-state index contributed by atoms with van der Waals surface area (Å²) in [6.07, 6.45) is 0.168. The molecule has 0 bridgehead atoms. The Balaban J connectivity index is 1.70. The lowest BCUT2D eigenvalue weighted by atomic mass is 10.1. The number of benzene rings is 1. The second-order valence-corrected chi connectivity index (χ2v) is 6.73. The van der Waals surface area contributed by atoms with E-state index in [2.05, 4.69) is 15.1 Å². The highest BCUT2D eigenvalue weighted by Gasteiger charge is 2.16. The summed E-state index contributed by atoms with van der Waals surface area (Å²) in [5.41, 5.74) is 3.02. The molecule has 6 nitrogen and oxygen atoms in total. The van der Waals surface area contributed by atoms with Gasteiger partial charge in [-0.25, -0.2) is 4.98 Å². The molecule has 0 saturated heterocycles. The van der Waals surface area contributed by atoms with Crippen molar-refractivity contribution >= 4 is 17.3 Å². The summed E-state index contributed by atoms with van der Waals surface area (Å²) >= 11 is 1.50. The molecule has 2 heterocycles. The van der Waals surface area contributed by atoms with Gasteiger partial charge < -0.3 is 9.26 Å². The Hall–Kier alpha value is -2.54. The van der Waals surface area contributed by atoms with E-state index >= 15 is 0 Å². The molecule has 0 saturated carbocycles. The van der Waals surface area contributed by atoms with Gasteiger partial charge in [-0.3, -0.25) is 4.79 Å². The van der Waals surface area contributed by atoms with E-state index in [4.69, 9.17) is 9.26 Å². The Morgan fingerprint density at radius 1 is 1.17 bits per heavy atom. The normalized spacial score (nSPS) is 10.8. The SMILES string of the molecule is Cc1ccc(-c2nc(C)sc2CC(=O)OCc2nc(C)no2)cc1. The van der Waals surface area contributed by atoms with Gasteiger partial charge in [-0.2, -0.15) is 4.98 Å². The molecule has 24 heavy (non-hydrogen) atoms. The lowest BCUT2D eigenvalue weighted by Crippen LogP contribution is -2.08. The van der Waals surface area contributed by atoms with Crippen molar-refractivity contribution < 1.29 is 14.1 Å². The predicted molar refractivity (Wildman–Crippen MR) is 89.6 cm³/mol. The molecule has 0 atom stereocenters. The third-order valence-electron chi connectivity index (χ3n) is 3.36. The van der Waals surface area contributed by atoms with Crippen LogP contribution in [0.25, 0.3) is 11.3 Å². The molecule has 1 aromatic carbocycles. The molecular weight excluding hydrogens is 326 g/mol. The number of esters is 1. The van der Waals surface area contributed by atoms with Crippen LogP contribution in [-0.2, 0) is 22.6 Å². The predicted octanol–water partition coefficient (Wildman–Crippen LogP) is 3.40. The zero-order chi connectivity index (χ0) is 17.1. The van der Waals surface area contributed by atoms with Gasteiger partial charge in [0.05, 0.1) is 17.1 Å². The second-order valence-electron chi connectivity index (χ2n) is 5.44. The first-order valence-corrected chi connectivity index (χ1v) is 8.31. The summed E-state index contributed by atoms with van der Waals surface area (Å²) in [5, 5.41) is 4.57. The van der Waals surface area contributed by atoms with E-state index in [1.807, 2.05) is 38.1 Å². The van der Waals surface area contributed by atoms with E-state index in [9.17, 15) is 4.79 Å². The van der Waals surface area contributed by atoms with Crippen LogP contribution in [0.2, 0.25) is 0 Å². The molecule has 0 aliphatic rings. The number of nitrogens with zero attached hydrogens (tertiary/aromatic N) is 3. The van der Waals surface area contributed by atoms with Crippen molar-refractivity contribution in [2.75, 3.05) is 0 Å². The number of rotatable bonds is 5. The Morgan fingerprint density at radius 2 is 1.92 bits per heavy atom. The van der Waals surface area contributed by atoms with Crippen LogP contribution in [0, 0.1) is 20.8 Å². The van der Waals surface area contributed by atoms with E-state index in [1.165, 1.54) is 16.9 Å². The van der Waals surface area contributed by atoms with E-state index in [1.54, 1.807) is 6.92 Å². The molecule has 0 fully saturated rings. The minimum atomic E-state index is -0.345. The first-order valence-electron chi connectivity index (χ1n) is 7.49. The number of carbonyl (C=O) groups excluding carboxylic acids is 1. The lowest BCUT2D eigenvalue weighted by molar-refractivity contribution is -0.144. The molecule has 0 radical (unpaired) electrons. The fourth-order valence-electron chi connectivity index (χ4n) is 2.25. The number of aryl methyl sites for hydroxylation is 3. The Labute approximate surface area is 143 Å². The summed E-state index contributed by atoms with van der Waals surface area (Å²) < 4.78 is 10.1. The molecule has 0 N–H and O–H groups in total. The van der Waals surface area contributed by atoms with E-state index < -0.39 is 0 Å². The molecule has 0 spiro atoms. The van der Waals surface area contributed by atoms with Gasteiger partial charge >= 0.3 is 5.97 Å². The largest absolute Gasteiger partial charge is 0.455 e. The fraction of sp³-hybridized carbons (Fsp3) is 0.294. The van der Waals surface area contributed by atoms with Crippen LogP contribution in [0.3, 0.4) is 0 Å². The van der Waals surface area contributed by atoms with Gasteiger partial charge in [0.1, 0.15) is 0 Å². The maximum absolute atomic E-state index is 12.1. The quantitative estimate of drug-likeness (QED) is 0.661. The third kappa shape index (κ3) is 3.86. The van der Waals surface area contributed by atoms with Crippen molar-refractivity contribution in [1.82, 2.24) is 15.1 Å². The van der Waals surface area contributed by atoms with Crippen LogP contribution in [0.1, 0.15) is 27.2 Å². The first-order chi connectivity index (χ1) is 11.5. The monoisotopic (exact) mass is 343 g/mol. The lowest BCUT2D eigenvalue weighted by Gasteiger charge is -2.04. The molecule has 3 aromatic rings. The van der Waals surface area contributed by atoms with Crippen LogP contribution in [0.4, 0.5) is 0 Å². The van der Waals surface area contributed by atoms with Gasteiger partial charge in [0.25, 0.3) is 5.89 Å². The number of carbonyl (C=O) groups is 1. The van der Waals surface area contributed by atoms with Gasteiger partial charge in [-0.05, 0) is 20.8 Å². The van der Waals surface area contributed by atoms with Crippen molar-refractivity contribution in [3.05, 3.63) is 51.4 Å². The molecule has 0 amide bonds. The average Bonchev–Trinajstić information content (AvgIpc) is 3.12. The second kappa shape index (κ2) is 6.92. The van der Waals surface area contributed by atoms with Crippen LogP contribution in [0.15, 0.2) is 28.8 Å². The highest BCUT2D eigenvalue weighted by molar-refractivity contribution is 7.12. The Morgan fingerprint density at radius 3 is 2.58 bits per heavy atom. The van der Waals surface area contributed by atoms with Gasteiger partial charge in [0.2, 0.25) is 0 Å². The van der Waals surface area contributed by atoms with Crippen molar-refractivity contribution in [3.63, 3.8) is 0 Å². The van der Waals surface area contributed by atoms with E-state index in [0.29, 0.717) is 11.7 Å². The topological polar surface area (TPSA) is 78.1 Å².